The van der Waals surface area contributed by atoms with E-state index < -0.39 is 0 Å². The summed E-state index contributed by atoms with van der Waals surface area (Å²) in [5, 5.41) is 3.78. The lowest BCUT2D eigenvalue weighted by Gasteiger charge is -2.40. The molecule has 2 aromatic carbocycles. The molecule has 110 valence electrons. The lowest BCUT2D eigenvalue weighted by atomic mass is 9.84. The zero-order valence-corrected chi connectivity index (χ0v) is 13.2. The molecule has 1 unspecified atom stereocenters. The number of aryl methyl sites for hydroxylation is 2. The topological polar surface area (TPSA) is 17.0 Å². The predicted octanol–water partition coefficient (Wildman–Crippen LogP) is 4.78. The summed E-state index contributed by atoms with van der Waals surface area (Å²) in [5.74, 6) is 0. The van der Waals surface area contributed by atoms with Crippen LogP contribution in [0.2, 0.25) is 0 Å². The maximum absolute atomic E-state index is 3.78. The molecule has 1 aliphatic heterocycles. The minimum absolute atomic E-state index is 0.228. The summed E-state index contributed by atoms with van der Waals surface area (Å²) in [7, 11) is 0. The molecule has 0 fully saturated rings. The van der Waals surface area contributed by atoms with Gasteiger partial charge in [-0.25, -0.2) is 0 Å². The smallest absolute Gasteiger partial charge is 0.101 e. The molecule has 2 heterocycles. The van der Waals surface area contributed by atoms with E-state index in [2.05, 4.69) is 91.3 Å². The summed E-state index contributed by atoms with van der Waals surface area (Å²) in [6.45, 7) is 6.66. The second kappa shape index (κ2) is 4.51. The van der Waals surface area contributed by atoms with Crippen LogP contribution in [-0.2, 0) is 5.54 Å². The SMILES string of the molecule is Cc1cc(C)n2c1C(C)(c1ccccc1)Nc1ccccc1-2. The molecule has 1 aromatic heterocycles. The van der Waals surface area contributed by atoms with Crippen LogP contribution in [0.25, 0.3) is 5.69 Å². The fourth-order valence-corrected chi connectivity index (χ4v) is 3.81. The standard InChI is InChI=1S/C20H20N2/c1-14-13-15(2)22-18-12-8-7-11-17(18)21-20(3,19(14)22)16-9-5-4-6-10-16/h4-13,21H,1-3H3. The van der Waals surface area contributed by atoms with Crippen molar-refractivity contribution in [1.29, 1.82) is 0 Å². The molecule has 1 atom stereocenters. The first kappa shape index (κ1) is 13.2. The van der Waals surface area contributed by atoms with Gasteiger partial charge in [0.05, 0.1) is 17.1 Å². The van der Waals surface area contributed by atoms with Gasteiger partial charge in [0.1, 0.15) is 5.54 Å². The van der Waals surface area contributed by atoms with Gasteiger partial charge in [0.2, 0.25) is 0 Å². The third-order valence-electron chi connectivity index (χ3n) is 4.73. The highest BCUT2D eigenvalue weighted by Gasteiger charge is 2.38. The summed E-state index contributed by atoms with van der Waals surface area (Å²) >= 11 is 0. The molecule has 3 aromatic rings. The first-order chi connectivity index (χ1) is 10.6. The van der Waals surface area contributed by atoms with Crippen molar-refractivity contribution in [2.45, 2.75) is 26.3 Å². The molecule has 1 aliphatic rings. The Morgan fingerprint density at radius 2 is 1.59 bits per heavy atom. The molecule has 22 heavy (non-hydrogen) atoms. The predicted molar refractivity (Wildman–Crippen MR) is 91.8 cm³/mol. The molecule has 1 N–H and O–H groups in total. The minimum atomic E-state index is -0.228. The first-order valence-electron chi connectivity index (χ1n) is 7.74. The van der Waals surface area contributed by atoms with Crippen molar-refractivity contribution in [3.8, 4) is 5.69 Å². The number of para-hydroxylation sites is 2. The van der Waals surface area contributed by atoms with Gasteiger partial charge >= 0.3 is 0 Å². The Labute approximate surface area is 131 Å². The van der Waals surface area contributed by atoms with Gasteiger partial charge in [0.15, 0.2) is 0 Å². The molecule has 0 saturated heterocycles. The normalized spacial score (nSPS) is 19.2. The quantitative estimate of drug-likeness (QED) is 0.681. The fraction of sp³-hybridized carbons (Fsp3) is 0.200. The van der Waals surface area contributed by atoms with Crippen LogP contribution in [-0.4, -0.2) is 4.57 Å². The van der Waals surface area contributed by atoms with Gasteiger partial charge in [-0.3, -0.25) is 0 Å². The van der Waals surface area contributed by atoms with Gasteiger partial charge in [0, 0.05) is 5.69 Å². The number of benzene rings is 2. The van der Waals surface area contributed by atoms with Crippen molar-refractivity contribution in [3.05, 3.63) is 83.2 Å². The average Bonchev–Trinajstić information content (AvgIpc) is 2.84. The van der Waals surface area contributed by atoms with Crippen LogP contribution in [0.3, 0.4) is 0 Å². The van der Waals surface area contributed by atoms with Crippen LogP contribution in [0.1, 0.15) is 29.4 Å². The summed E-state index contributed by atoms with van der Waals surface area (Å²) in [4.78, 5) is 0. The average molecular weight is 288 g/mol. The number of fused-ring (bicyclic) bond motifs is 3. The summed E-state index contributed by atoms with van der Waals surface area (Å²) in [6.07, 6.45) is 0. The lowest BCUT2D eigenvalue weighted by Crippen LogP contribution is -2.39. The number of nitrogens with one attached hydrogen (secondary N) is 1. The third kappa shape index (κ3) is 1.67. The van der Waals surface area contributed by atoms with Crippen molar-refractivity contribution in [2.24, 2.45) is 0 Å². The number of hydrogen-bond donors (Lipinski definition) is 1. The molecule has 4 rings (SSSR count). The minimum Gasteiger partial charge on any atom is -0.369 e. The van der Waals surface area contributed by atoms with Crippen molar-refractivity contribution in [1.82, 2.24) is 4.57 Å². The van der Waals surface area contributed by atoms with Gasteiger partial charge in [-0.15, -0.1) is 0 Å². The Morgan fingerprint density at radius 1 is 0.909 bits per heavy atom. The van der Waals surface area contributed by atoms with Gasteiger partial charge in [-0.2, -0.15) is 0 Å². The maximum atomic E-state index is 3.78. The van der Waals surface area contributed by atoms with E-state index in [0.717, 1.165) is 0 Å². The molecule has 0 amide bonds. The molecular formula is C20H20N2. The monoisotopic (exact) mass is 288 g/mol. The zero-order chi connectivity index (χ0) is 15.3. The number of anilines is 1. The number of nitrogens with zero attached hydrogens (tertiary/aromatic N) is 1. The summed E-state index contributed by atoms with van der Waals surface area (Å²) in [6, 6.07) is 21.5. The fourth-order valence-electron chi connectivity index (χ4n) is 3.81. The lowest BCUT2D eigenvalue weighted by molar-refractivity contribution is 0.595. The molecular weight excluding hydrogens is 268 g/mol. The van der Waals surface area contributed by atoms with Crippen molar-refractivity contribution >= 4 is 5.69 Å². The second-order valence-corrected chi connectivity index (χ2v) is 6.29. The van der Waals surface area contributed by atoms with Crippen LogP contribution < -0.4 is 5.32 Å². The van der Waals surface area contributed by atoms with E-state index in [-0.39, 0.29) is 5.54 Å². The molecule has 0 bridgehead atoms. The van der Waals surface area contributed by atoms with Crippen molar-refractivity contribution in [3.63, 3.8) is 0 Å². The van der Waals surface area contributed by atoms with Gasteiger partial charge in [-0.1, -0.05) is 42.5 Å². The second-order valence-electron chi connectivity index (χ2n) is 6.29. The number of rotatable bonds is 1. The van der Waals surface area contributed by atoms with E-state index in [1.54, 1.807) is 0 Å². The molecule has 0 saturated carbocycles. The van der Waals surface area contributed by atoms with E-state index >= 15 is 0 Å². The third-order valence-corrected chi connectivity index (χ3v) is 4.73. The highest BCUT2D eigenvalue weighted by molar-refractivity contribution is 5.70. The molecule has 0 spiro atoms. The van der Waals surface area contributed by atoms with E-state index in [0.29, 0.717) is 0 Å². The van der Waals surface area contributed by atoms with E-state index in [1.165, 1.54) is 33.9 Å². The van der Waals surface area contributed by atoms with Crippen LogP contribution in [0.15, 0.2) is 60.7 Å². The molecule has 2 heteroatoms. The van der Waals surface area contributed by atoms with Crippen molar-refractivity contribution < 1.29 is 0 Å². The number of hydrogen-bond acceptors (Lipinski definition) is 1. The van der Waals surface area contributed by atoms with Crippen LogP contribution in [0.4, 0.5) is 5.69 Å². The first-order valence-corrected chi connectivity index (χ1v) is 7.74. The van der Waals surface area contributed by atoms with Crippen molar-refractivity contribution in [2.75, 3.05) is 5.32 Å². The van der Waals surface area contributed by atoms with E-state index in [9.17, 15) is 0 Å². The Kier molecular flexibility index (Phi) is 2.70. The summed E-state index contributed by atoms with van der Waals surface area (Å²) in [5.41, 5.74) is 7.40. The van der Waals surface area contributed by atoms with Gasteiger partial charge in [0.25, 0.3) is 0 Å². The highest BCUT2D eigenvalue weighted by atomic mass is 15.1. The van der Waals surface area contributed by atoms with E-state index in [1.807, 2.05) is 0 Å². The van der Waals surface area contributed by atoms with Gasteiger partial charge < -0.3 is 9.88 Å². The van der Waals surface area contributed by atoms with Crippen LogP contribution in [0, 0.1) is 13.8 Å². The van der Waals surface area contributed by atoms with Gasteiger partial charge in [-0.05, 0) is 50.1 Å². The Hall–Kier alpha value is -2.48. The highest BCUT2D eigenvalue weighted by Crippen LogP contribution is 2.43. The molecule has 0 radical (unpaired) electrons. The number of aromatic nitrogens is 1. The Bertz CT molecular complexity index is 845. The Morgan fingerprint density at radius 3 is 2.36 bits per heavy atom. The van der Waals surface area contributed by atoms with Crippen LogP contribution >= 0.6 is 0 Å². The molecule has 2 nitrogen and oxygen atoms in total. The largest absolute Gasteiger partial charge is 0.369 e. The summed E-state index contributed by atoms with van der Waals surface area (Å²) < 4.78 is 2.40. The zero-order valence-electron chi connectivity index (χ0n) is 13.2. The Balaban J connectivity index is 2.06. The van der Waals surface area contributed by atoms with Crippen LogP contribution in [0.5, 0.6) is 0 Å². The maximum Gasteiger partial charge on any atom is 0.101 e. The molecule has 0 aliphatic carbocycles. The van der Waals surface area contributed by atoms with E-state index in [4.69, 9.17) is 0 Å².